The average Bonchev–Trinajstić information content (AvgIpc) is 2.27. The van der Waals surface area contributed by atoms with E-state index in [0.29, 0.717) is 17.7 Å². The highest BCUT2D eigenvalue weighted by Crippen LogP contribution is 2.17. The molecule has 1 aromatic rings. The van der Waals surface area contributed by atoms with E-state index in [1.807, 2.05) is 0 Å². The van der Waals surface area contributed by atoms with Crippen molar-refractivity contribution in [3.8, 4) is 0 Å². The highest BCUT2D eigenvalue weighted by atomic mass is 35.5. The number of hydrogen-bond donors (Lipinski definition) is 2. The number of carbonyl (C=O) groups excluding carboxylic acids is 1. The Hall–Kier alpha value is -1.11. The van der Waals surface area contributed by atoms with Gasteiger partial charge in [0.15, 0.2) is 9.84 Å². The number of nitrogens with two attached hydrogens (primary N) is 1. The molecule has 1 amide bonds. The Morgan fingerprint density at radius 1 is 1.42 bits per heavy atom. The molecule has 1 rings (SSSR count). The van der Waals surface area contributed by atoms with Gasteiger partial charge in [-0.15, -0.1) is 12.4 Å². The van der Waals surface area contributed by atoms with Gasteiger partial charge in [0.05, 0.1) is 4.90 Å². The summed E-state index contributed by atoms with van der Waals surface area (Å²) >= 11 is 0. The van der Waals surface area contributed by atoms with Crippen LogP contribution >= 0.6 is 12.4 Å². The van der Waals surface area contributed by atoms with Crippen LogP contribution in [0.2, 0.25) is 0 Å². The minimum Gasteiger partial charge on any atom is -0.348 e. The van der Waals surface area contributed by atoms with E-state index in [9.17, 15) is 13.2 Å². The molecule has 1 atom stereocenters. The summed E-state index contributed by atoms with van der Waals surface area (Å²) in [6.45, 7) is 3.81. The summed E-state index contributed by atoms with van der Waals surface area (Å²) in [5, 5.41) is 2.69. The number of hydrogen-bond acceptors (Lipinski definition) is 4. The molecule has 3 N–H and O–H groups in total. The first-order valence-corrected chi connectivity index (χ1v) is 7.46. The number of sulfone groups is 1. The standard InChI is InChI=1S/C12H18N2O3S.ClH/c1-8-4-5-10(6-11(8)18(3,16)17)12(15)14-9(2)7-13;/h4-6,9H,7,13H2,1-3H3,(H,14,15);1H/t9-;/m0./s1. The second-order valence-corrected chi connectivity index (χ2v) is 6.35. The zero-order valence-corrected chi connectivity index (χ0v) is 12.8. The van der Waals surface area contributed by atoms with Crippen LogP contribution in [0.1, 0.15) is 22.8 Å². The number of benzene rings is 1. The molecule has 1 aromatic carbocycles. The second-order valence-electron chi connectivity index (χ2n) is 4.36. The number of rotatable bonds is 4. The van der Waals surface area contributed by atoms with Gasteiger partial charge in [-0.3, -0.25) is 4.79 Å². The van der Waals surface area contributed by atoms with Crippen LogP contribution < -0.4 is 11.1 Å². The lowest BCUT2D eigenvalue weighted by Crippen LogP contribution is -2.37. The van der Waals surface area contributed by atoms with E-state index in [1.165, 1.54) is 6.07 Å². The van der Waals surface area contributed by atoms with Gasteiger partial charge in [-0.25, -0.2) is 8.42 Å². The Bertz CT molecular complexity index is 558. The molecule has 0 fully saturated rings. The van der Waals surface area contributed by atoms with Gasteiger partial charge in [0.1, 0.15) is 0 Å². The van der Waals surface area contributed by atoms with Crippen LogP contribution in [-0.2, 0) is 9.84 Å². The Kier molecular flexibility index (Phi) is 6.48. The van der Waals surface area contributed by atoms with E-state index in [1.54, 1.807) is 26.0 Å². The van der Waals surface area contributed by atoms with Crippen molar-refractivity contribution >= 4 is 28.2 Å². The minimum atomic E-state index is -3.33. The van der Waals surface area contributed by atoms with Crippen molar-refractivity contribution in [2.24, 2.45) is 5.73 Å². The first-order chi connectivity index (χ1) is 8.25. The van der Waals surface area contributed by atoms with Crippen molar-refractivity contribution in [1.82, 2.24) is 5.32 Å². The largest absolute Gasteiger partial charge is 0.348 e. The first-order valence-electron chi connectivity index (χ1n) is 5.57. The van der Waals surface area contributed by atoms with E-state index in [0.717, 1.165) is 6.26 Å². The highest BCUT2D eigenvalue weighted by molar-refractivity contribution is 7.90. The summed E-state index contributed by atoms with van der Waals surface area (Å²) in [6, 6.07) is 4.46. The van der Waals surface area contributed by atoms with E-state index in [4.69, 9.17) is 5.73 Å². The SMILES string of the molecule is Cc1ccc(C(=O)N[C@@H](C)CN)cc1S(C)(=O)=O.Cl. The molecule has 0 aliphatic carbocycles. The van der Waals surface area contributed by atoms with Crippen molar-refractivity contribution in [3.63, 3.8) is 0 Å². The number of carbonyl (C=O) groups is 1. The fourth-order valence-electron chi connectivity index (χ4n) is 1.51. The fourth-order valence-corrected chi connectivity index (χ4v) is 2.50. The van der Waals surface area contributed by atoms with Crippen molar-refractivity contribution in [3.05, 3.63) is 29.3 Å². The molecular weight excluding hydrogens is 288 g/mol. The van der Waals surface area contributed by atoms with Gasteiger partial charge in [-0.1, -0.05) is 6.07 Å². The van der Waals surface area contributed by atoms with Crippen LogP contribution in [0.4, 0.5) is 0 Å². The summed E-state index contributed by atoms with van der Waals surface area (Å²) in [5.74, 6) is -0.321. The lowest BCUT2D eigenvalue weighted by molar-refractivity contribution is 0.0941. The number of amides is 1. The molecule has 108 valence electrons. The van der Waals surface area contributed by atoms with Crippen molar-refractivity contribution in [1.29, 1.82) is 0 Å². The van der Waals surface area contributed by atoms with Gasteiger partial charge >= 0.3 is 0 Å². The smallest absolute Gasteiger partial charge is 0.251 e. The van der Waals surface area contributed by atoms with Gasteiger partial charge < -0.3 is 11.1 Å². The van der Waals surface area contributed by atoms with Crippen molar-refractivity contribution in [2.75, 3.05) is 12.8 Å². The maximum Gasteiger partial charge on any atom is 0.251 e. The molecule has 0 saturated heterocycles. The van der Waals surface area contributed by atoms with E-state index >= 15 is 0 Å². The highest BCUT2D eigenvalue weighted by Gasteiger charge is 2.15. The van der Waals surface area contributed by atoms with Gasteiger partial charge in [0, 0.05) is 24.4 Å². The Morgan fingerprint density at radius 2 is 2.00 bits per heavy atom. The number of aryl methyl sites for hydroxylation is 1. The average molecular weight is 307 g/mol. The lowest BCUT2D eigenvalue weighted by atomic mass is 10.1. The van der Waals surface area contributed by atoms with Crippen LogP contribution in [-0.4, -0.2) is 33.2 Å². The Morgan fingerprint density at radius 3 is 2.47 bits per heavy atom. The third kappa shape index (κ3) is 4.81. The summed E-state index contributed by atoms with van der Waals surface area (Å²) in [4.78, 5) is 12.0. The van der Waals surface area contributed by atoms with Gasteiger partial charge in [-0.2, -0.15) is 0 Å². The number of nitrogens with one attached hydrogen (secondary N) is 1. The van der Waals surface area contributed by atoms with Crippen LogP contribution in [0.3, 0.4) is 0 Å². The molecule has 0 aliphatic heterocycles. The molecule has 0 unspecified atom stereocenters. The molecule has 0 heterocycles. The number of halogens is 1. The molecular formula is C12H19ClN2O3S. The zero-order valence-electron chi connectivity index (χ0n) is 11.1. The van der Waals surface area contributed by atoms with Crippen LogP contribution in [0.25, 0.3) is 0 Å². The summed E-state index contributed by atoms with van der Waals surface area (Å²) in [5.41, 5.74) is 6.36. The fraction of sp³-hybridized carbons (Fsp3) is 0.417. The Balaban J connectivity index is 0.00000324. The normalized spacial score (nSPS) is 12.4. The third-order valence-electron chi connectivity index (χ3n) is 2.58. The Labute approximate surface area is 119 Å². The predicted molar refractivity (Wildman–Crippen MR) is 77.5 cm³/mol. The van der Waals surface area contributed by atoms with E-state index in [-0.39, 0.29) is 29.3 Å². The topological polar surface area (TPSA) is 89.3 Å². The molecule has 5 nitrogen and oxygen atoms in total. The molecule has 0 radical (unpaired) electrons. The van der Waals surface area contributed by atoms with Crippen molar-refractivity contribution in [2.45, 2.75) is 24.8 Å². The minimum absolute atomic E-state index is 0. The summed E-state index contributed by atoms with van der Waals surface area (Å²) < 4.78 is 23.1. The maximum atomic E-state index is 11.8. The van der Waals surface area contributed by atoms with Gasteiger partial charge in [-0.05, 0) is 31.5 Å². The second kappa shape index (κ2) is 6.88. The monoisotopic (exact) mass is 306 g/mol. The maximum absolute atomic E-state index is 11.8. The molecule has 0 spiro atoms. The van der Waals surface area contributed by atoms with Gasteiger partial charge in [0.2, 0.25) is 0 Å². The molecule has 7 heteroatoms. The lowest BCUT2D eigenvalue weighted by Gasteiger charge is -2.12. The first kappa shape index (κ1) is 17.9. The quantitative estimate of drug-likeness (QED) is 0.865. The molecule has 0 bridgehead atoms. The molecule has 19 heavy (non-hydrogen) atoms. The van der Waals surface area contributed by atoms with Gasteiger partial charge in [0.25, 0.3) is 5.91 Å². The van der Waals surface area contributed by atoms with Crippen LogP contribution in [0.15, 0.2) is 23.1 Å². The molecule has 0 aliphatic rings. The van der Waals surface area contributed by atoms with Crippen LogP contribution in [0.5, 0.6) is 0 Å². The van der Waals surface area contributed by atoms with E-state index in [2.05, 4.69) is 5.32 Å². The zero-order chi connectivity index (χ0) is 13.9. The summed E-state index contributed by atoms with van der Waals surface area (Å²) in [7, 11) is -3.33. The summed E-state index contributed by atoms with van der Waals surface area (Å²) in [6.07, 6.45) is 1.12. The van der Waals surface area contributed by atoms with Crippen LogP contribution in [0, 0.1) is 6.92 Å². The van der Waals surface area contributed by atoms with E-state index < -0.39 is 9.84 Å². The van der Waals surface area contributed by atoms with Crippen molar-refractivity contribution < 1.29 is 13.2 Å². The predicted octanol–water partition coefficient (Wildman–Crippen LogP) is 0.897. The third-order valence-corrected chi connectivity index (χ3v) is 3.82. The molecule has 0 saturated carbocycles. The molecule has 0 aromatic heterocycles.